The van der Waals surface area contributed by atoms with Crippen LogP contribution in [0.15, 0.2) is 30.3 Å². The first-order chi connectivity index (χ1) is 15.6. The summed E-state index contributed by atoms with van der Waals surface area (Å²) in [4.78, 5) is 47.4. The number of benzene rings is 1. The number of aliphatic carboxylic acids is 1. The second-order valence-corrected chi connectivity index (χ2v) is 9.13. The Bertz CT molecular complexity index is 745. The number of carbonyl (C=O) groups is 4. The Morgan fingerprint density at radius 2 is 1.73 bits per heavy atom. The molecule has 8 heteroatoms. The van der Waals surface area contributed by atoms with Crippen LogP contribution in [0.1, 0.15) is 64.9 Å². The number of aldehydes is 1. The van der Waals surface area contributed by atoms with Gasteiger partial charge in [0.15, 0.2) is 0 Å². The van der Waals surface area contributed by atoms with Gasteiger partial charge >= 0.3 is 11.9 Å². The molecule has 3 N–H and O–H groups in total. The average Bonchev–Trinajstić information content (AvgIpc) is 2.73. The zero-order valence-electron chi connectivity index (χ0n) is 20.0. The van der Waals surface area contributed by atoms with Gasteiger partial charge in [-0.15, -0.1) is 0 Å². The first kappa shape index (κ1) is 28.3. The third kappa shape index (κ3) is 13.4. The zero-order valence-corrected chi connectivity index (χ0v) is 20.0. The molecule has 0 spiro atoms. The third-order valence-corrected chi connectivity index (χ3v) is 4.93. The lowest BCUT2D eigenvalue weighted by molar-refractivity contribution is -0.157. The van der Waals surface area contributed by atoms with Crippen LogP contribution >= 0.6 is 0 Å². The summed E-state index contributed by atoms with van der Waals surface area (Å²) >= 11 is 0. The fraction of sp³-hybridized carbons (Fsp3) is 0.600. The molecular weight excluding hydrogens is 424 g/mol. The van der Waals surface area contributed by atoms with Gasteiger partial charge in [0.1, 0.15) is 17.9 Å². The standard InChI is InChI=1S/C25H38N2O6/c1-25(2,3)33-22(29)18-20(13-7-8-14-26-15-9-10-16-28)23(30)27-21(24(31)32)17-19-11-5-4-6-12-19/h4-6,11-12,16,20-21,26H,7-10,13-15,17-18H2,1-3H3,(H,27,30)(H,31,32)/t20-,21+/m1/s1. The summed E-state index contributed by atoms with van der Waals surface area (Å²) < 4.78 is 5.37. The van der Waals surface area contributed by atoms with Gasteiger partial charge in [0.2, 0.25) is 5.91 Å². The molecule has 0 heterocycles. The number of carbonyl (C=O) groups excluding carboxylic acids is 3. The van der Waals surface area contributed by atoms with Crippen LogP contribution in [-0.4, -0.2) is 54.0 Å². The summed E-state index contributed by atoms with van der Waals surface area (Å²) in [5.74, 6) is -2.73. The van der Waals surface area contributed by atoms with E-state index >= 15 is 0 Å². The molecule has 0 unspecified atom stereocenters. The maximum absolute atomic E-state index is 13.0. The molecule has 0 bridgehead atoms. The van der Waals surface area contributed by atoms with E-state index in [9.17, 15) is 24.3 Å². The minimum absolute atomic E-state index is 0.104. The molecule has 0 aliphatic rings. The maximum Gasteiger partial charge on any atom is 0.326 e. The Morgan fingerprint density at radius 1 is 1.06 bits per heavy atom. The van der Waals surface area contributed by atoms with Crippen molar-refractivity contribution in [2.45, 2.75) is 77.4 Å². The van der Waals surface area contributed by atoms with E-state index in [0.29, 0.717) is 19.3 Å². The molecule has 2 atom stereocenters. The largest absolute Gasteiger partial charge is 0.480 e. The molecule has 0 saturated heterocycles. The monoisotopic (exact) mass is 462 g/mol. The Morgan fingerprint density at radius 3 is 2.33 bits per heavy atom. The Hall–Kier alpha value is -2.74. The van der Waals surface area contributed by atoms with Crippen molar-refractivity contribution in [3.8, 4) is 0 Å². The second kappa shape index (κ2) is 15.2. The van der Waals surface area contributed by atoms with Crippen molar-refractivity contribution < 1.29 is 29.0 Å². The molecule has 0 aliphatic carbocycles. The van der Waals surface area contributed by atoms with Crippen molar-refractivity contribution in [1.29, 1.82) is 0 Å². The van der Waals surface area contributed by atoms with Gasteiger partial charge in [0.05, 0.1) is 6.42 Å². The van der Waals surface area contributed by atoms with Crippen LogP contribution in [0, 0.1) is 5.92 Å². The highest BCUT2D eigenvalue weighted by molar-refractivity contribution is 5.87. The molecule has 1 rings (SSSR count). The lowest BCUT2D eigenvalue weighted by atomic mass is 9.96. The van der Waals surface area contributed by atoms with E-state index in [2.05, 4.69) is 10.6 Å². The van der Waals surface area contributed by atoms with Gasteiger partial charge in [-0.3, -0.25) is 9.59 Å². The average molecular weight is 463 g/mol. The summed E-state index contributed by atoms with van der Waals surface area (Å²) in [6.45, 7) is 6.77. The molecule has 0 aromatic heterocycles. The van der Waals surface area contributed by atoms with Gasteiger partial charge < -0.3 is 25.3 Å². The minimum Gasteiger partial charge on any atom is -0.480 e. The van der Waals surface area contributed by atoms with E-state index in [0.717, 1.165) is 37.8 Å². The SMILES string of the molecule is CC(C)(C)OC(=O)C[C@@H](CCCCNCCCC=O)C(=O)N[C@@H](Cc1ccccc1)C(=O)O. The number of carboxylic acids is 1. The van der Waals surface area contributed by atoms with Gasteiger partial charge in [0.25, 0.3) is 0 Å². The van der Waals surface area contributed by atoms with Crippen LogP contribution in [-0.2, 0) is 30.3 Å². The van der Waals surface area contributed by atoms with Crippen molar-refractivity contribution in [3.63, 3.8) is 0 Å². The topological polar surface area (TPSA) is 122 Å². The Labute approximate surface area is 196 Å². The molecule has 0 aliphatic heterocycles. The summed E-state index contributed by atoms with van der Waals surface area (Å²) in [6.07, 6.45) is 4.19. The maximum atomic E-state index is 13.0. The fourth-order valence-corrected chi connectivity index (χ4v) is 3.33. The summed E-state index contributed by atoms with van der Waals surface area (Å²) in [5, 5.41) is 15.5. The van der Waals surface area contributed by atoms with Crippen LogP contribution < -0.4 is 10.6 Å². The summed E-state index contributed by atoms with van der Waals surface area (Å²) in [5.41, 5.74) is 0.134. The van der Waals surface area contributed by atoms with E-state index in [1.54, 1.807) is 20.8 Å². The third-order valence-electron chi connectivity index (χ3n) is 4.93. The highest BCUT2D eigenvalue weighted by Crippen LogP contribution is 2.18. The molecule has 0 radical (unpaired) electrons. The Balaban J connectivity index is 2.70. The molecule has 1 amide bonds. The van der Waals surface area contributed by atoms with E-state index in [1.165, 1.54) is 0 Å². The number of amides is 1. The van der Waals surface area contributed by atoms with E-state index in [4.69, 9.17) is 4.74 Å². The summed E-state index contributed by atoms with van der Waals surface area (Å²) in [7, 11) is 0. The summed E-state index contributed by atoms with van der Waals surface area (Å²) in [6, 6.07) is 8.00. The van der Waals surface area contributed by atoms with Crippen LogP contribution in [0.3, 0.4) is 0 Å². The number of nitrogens with one attached hydrogen (secondary N) is 2. The van der Waals surface area contributed by atoms with Crippen LogP contribution in [0.2, 0.25) is 0 Å². The van der Waals surface area contributed by atoms with Crippen LogP contribution in [0.4, 0.5) is 0 Å². The molecule has 0 fully saturated rings. The number of unbranched alkanes of at least 4 members (excludes halogenated alkanes) is 2. The molecule has 1 aromatic rings. The van der Waals surface area contributed by atoms with Crippen molar-refractivity contribution in [2.24, 2.45) is 5.92 Å². The lowest BCUT2D eigenvalue weighted by Gasteiger charge is -2.23. The molecular formula is C25H38N2O6. The van der Waals surface area contributed by atoms with Gasteiger partial charge in [-0.2, -0.15) is 0 Å². The van der Waals surface area contributed by atoms with Gasteiger partial charge in [0, 0.05) is 18.8 Å². The highest BCUT2D eigenvalue weighted by atomic mass is 16.6. The number of hydrogen-bond donors (Lipinski definition) is 3. The van der Waals surface area contributed by atoms with E-state index in [-0.39, 0.29) is 12.8 Å². The van der Waals surface area contributed by atoms with Crippen LogP contribution in [0.25, 0.3) is 0 Å². The number of ether oxygens (including phenoxy) is 1. The zero-order chi connectivity index (χ0) is 24.7. The predicted molar refractivity (Wildman–Crippen MR) is 126 cm³/mol. The van der Waals surface area contributed by atoms with Gasteiger partial charge in [-0.1, -0.05) is 36.8 Å². The fourth-order valence-electron chi connectivity index (χ4n) is 3.33. The van der Waals surface area contributed by atoms with Gasteiger partial charge in [-0.25, -0.2) is 4.79 Å². The Kier molecular flexibility index (Phi) is 13.0. The number of rotatable bonds is 16. The van der Waals surface area contributed by atoms with E-state index < -0.39 is 35.4 Å². The van der Waals surface area contributed by atoms with Crippen molar-refractivity contribution in [1.82, 2.24) is 10.6 Å². The first-order valence-electron chi connectivity index (χ1n) is 11.6. The molecule has 1 aromatic carbocycles. The van der Waals surface area contributed by atoms with Crippen molar-refractivity contribution >= 4 is 24.1 Å². The van der Waals surface area contributed by atoms with Crippen molar-refractivity contribution in [3.05, 3.63) is 35.9 Å². The molecule has 0 saturated carbocycles. The number of carboxylic acid groups (broad SMARTS) is 1. The smallest absolute Gasteiger partial charge is 0.326 e. The number of hydrogen-bond acceptors (Lipinski definition) is 6. The molecule has 8 nitrogen and oxygen atoms in total. The molecule has 184 valence electrons. The first-order valence-corrected chi connectivity index (χ1v) is 11.6. The van der Waals surface area contributed by atoms with Crippen molar-refractivity contribution in [2.75, 3.05) is 13.1 Å². The van der Waals surface area contributed by atoms with Crippen LogP contribution in [0.5, 0.6) is 0 Å². The normalized spacial score (nSPS) is 13.1. The number of esters is 1. The highest BCUT2D eigenvalue weighted by Gasteiger charge is 2.28. The second-order valence-electron chi connectivity index (χ2n) is 9.13. The quantitative estimate of drug-likeness (QED) is 0.196. The predicted octanol–water partition coefficient (Wildman–Crippen LogP) is 2.89. The van der Waals surface area contributed by atoms with Gasteiger partial charge in [-0.05, 0) is 58.7 Å². The molecule has 33 heavy (non-hydrogen) atoms. The lowest BCUT2D eigenvalue weighted by Crippen LogP contribution is -2.45. The van der Waals surface area contributed by atoms with E-state index in [1.807, 2.05) is 30.3 Å². The minimum atomic E-state index is -1.12.